The van der Waals surface area contributed by atoms with Gasteiger partial charge in [-0.15, -0.1) is 0 Å². The Bertz CT molecular complexity index is 338. The molecule has 1 aromatic heterocycles. The number of nitrogens with one attached hydrogen (secondary N) is 1. The van der Waals surface area contributed by atoms with E-state index in [2.05, 4.69) is 15.1 Å². The van der Waals surface area contributed by atoms with Crippen LogP contribution in [0.2, 0.25) is 0 Å². The fourth-order valence-corrected chi connectivity index (χ4v) is 1.64. The normalized spacial score (nSPS) is 10.9. The first kappa shape index (κ1) is 14.7. The number of aromatic amines is 1. The molecule has 0 aliphatic heterocycles. The number of carbonyl (C=O) groups excluding carboxylic acids is 1. The van der Waals surface area contributed by atoms with Crippen molar-refractivity contribution in [3.63, 3.8) is 0 Å². The number of hydrogen-bond acceptors (Lipinski definition) is 4. The van der Waals surface area contributed by atoms with E-state index in [0.29, 0.717) is 18.7 Å². The summed E-state index contributed by atoms with van der Waals surface area (Å²) in [7, 11) is 5.69. The van der Waals surface area contributed by atoms with Gasteiger partial charge < -0.3 is 14.5 Å². The van der Waals surface area contributed by atoms with Crippen molar-refractivity contribution in [3.8, 4) is 0 Å². The summed E-state index contributed by atoms with van der Waals surface area (Å²) in [5.74, 6) is -0.000411. The van der Waals surface area contributed by atoms with Crippen LogP contribution < -0.4 is 0 Å². The van der Waals surface area contributed by atoms with Crippen LogP contribution in [0.4, 0.5) is 0 Å². The third-order valence-electron chi connectivity index (χ3n) is 2.63. The third kappa shape index (κ3) is 4.85. The highest BCUT2D eigenvalue weighted by molar-refractivity contribution is 5.93. The molecular weight excluding hydrogens is 232 g/mol. The molecule has 1 heterocycles. The predicted molar refractivity (Wildman–Crippen MR) is 69.5 cm³/mol. The Balaban J connectivity index is 2.51. The van der Waals surface area contributed by atoms with E-state index in [1.807, 2.05) is 14.1 Å². The zero-order chi connectivity index (χ0) is 13.4. The molecule has 18 heavy (non-hydrogen) atoms. The van der Waals surface area contributed by atoms with Gasteiger partial charge in [0.15, 0.2) is 0 Å². The average Bonchev–Trinajstić information content (AvgIpc) is 2.86. The van der Waals surface area contributed by atoms with Crippen LogP contribution in [-0.4, -0.2) is 73.4 Å². The molecule has 6 heteroatoms. The zero-order valence-electron chi connectivity index (χ0n) is 11.3. The number of rotatable bonds is 8. The lowest BCUT2D eigenvalue weighted by atomic mass is 10.2. The summed E-state index contributed by atoms with van der Waals surface area (Å²) in [6.07, 6.45) is 4.11. The van der Waals surface area contributed by atoms with Gasteiger partial charge in [0.25, 0.3) is 5.91 Å². The van der Waals surface area contributed by atoms with E-state index in [1.54, 1.807) is 24.4 Å². The second kappa shape index (κ2) is 7.84. The van der Waals surface area contributed by atoms with Gasteiger partial charge in [0.2, 0.25) is 0 Å². The molecule has 6 nitrogen and oxygen atoms in total. The molecule has 1 amide bonds. The average molecular weight is 254 g/mol. The van der Waals surface area contributed by atoms with E-state index in [4.69, 9.17) is 4.74 Å². The largest absolute Gasteiger partial charge is 0.383 e. The highest BCUT2D eigenvalue weighted by atomic mass is 16.5. The van der Waals surface area contributed by atoms with Crippen molar-refractivity contribution >= 4 is 5.91 Å². The molecule has 0 unspecified atom stereocenters. The van der Waals surface area contributed by atoms with Gasteiger partial charge in [-0.05, 0) is 27.1 Å². The summed E-state index contributed by atoms with van der Waals surface area (Å²) in [5.41, 5.74) is 0.593. The molecule has 0 aromatic carbocycles. The second-order valence-electron chi connectivity index (χ2n) is 4.43. The molecule has 0 atom stereocenters. The maximum atomic E-state index is 12.2. The van der Waals surface area contributed by atoms with Crippen molar-refractivity contribution in [2.75, 3.05) is 47.4 Å². The van der Waals surface area contributed by atoms with E-state index in [-0.39, 0.29) is 5.91 Å². The van der Waals surface area contributed by atoms with Crippen molar-refractivity contribution in [3.05, 3.63) is 18.0 Å². The molecule has 0 saturated heterocycles. The number of carbonyl (C=O) groups is 1. The molecule has 0 aliphatic carbocycles. The summed E-state index contributed by atoms with van der Waals surface area (Å²) < 4.78 is 5.04. The summed E-state index contributed by atoms with van der Waals surface area (Å²) in [4.78, 5) is 16.1. The third-order valence-corrected chi connectivity index (χ3v) is 2.63. The van der Waals surface area contributed by atoms with E-state index in [0.717, 1.165) is 19.5 Å². The number of nitrogens with zero attached hydrogens (tertiary/aromatic N) is 3. The maximum Gasteiger partial charge on any atom is 0.257 e. The fraction of sp³-hybridized carbons (Fsp3) is 0.667. The van der Waals surface area contributed by atoms with E-state index >= 15 is 0 Å². The smallest absolute Gasteiger partial charge is 0.257 e. The first-order valence-corrected chi connectivity index (χ1v) is 6.07. The highest BCUT2D eigenvalue weighted by Gasteiger charge is 2.15. The maximum absolute atomic E-state index is 12.2. The van der Waals surface area contributed by atoms with Crippen molar-refractivity contribution in [2.24, 2.45) is 0 Å². The molecule has 0 saturated carbocycles. The number of H-pyrrole nitrogens is 1. The molecule has 1 N–H and O–H groups in total. The molecule has 0 radical (unpaired) electrons. The molecule has 0 aliphatic rings. The Morgan fingerprint density at radius 1 is 1.39 bits per heavy atom. The van der Waals surface area contributed by atoms with Crippen molar-refractivity contribution < 1.29 is 9.53 Å². The Labute approximate surface area is 108 Å². The van der Waals surface area contributed by atoms with Crippen LogP contribution in [0.5, 0.6) is 0 Å². The Hall–Kier alpha value is -1.40. The van der Waals surface area contributed by atoms with Crippen LogP contribution in [-0.2, 0) is 4.74 Å². The monoisotopic (exact) mass is 254 g/mol. The predicted octanol–water partition coefficient (Wildman–Crippen LogP) is 0.450. The Morgan fingerprint density at radius 3 is 2.72 bits per heavy atom. The van der Waals surface area contributed by atoms with Gasteiger partial charge in [0, 0.05) is 26.4 Å². The van der Waals surface area contributed by atoms with E-state index in [1.165, 1.54) is 0 Å². The lowest BCUT2D eigenvalue weighted by Crippen LogP contribution is -2.35. The van der Waals surface area contributed by atoms with Crippen LogP contribution in [0.15, 0.2) is 12.4 Å². The molecule has 102 valence electrons. The lowest BCUT2D eigenvalue weighted by Gasteiger charge is -2.22. The first-order chi connectivity index (χ1) is 8.65. The quantitative estimate of drug-likeness (QED) is 0.731. The van der Waals surface area contributed by atoms with Crippen molar-refractivity contribution in [1.82, 2.24) is 20.0 Å². The summed E-state index contributed by atoms with van der Waals surface area (Å²) in [6.45, 7) is 2.84. The van der Waals surface area contributed by atoms with Crippen molar-refractivity contribution in [1.29, 1.82) is 0 Å². The van der Waals surface area contributed by atoms with Crippen molar-refractivity contribution in [2.45, 2.75) is 6.42 Å². The van der Waals surface area contributed by atoms with Gasteiger partial charge in [-0.2, -0.15) is 5.10 Å². The minimum Gasteiger partial charge on any atom is -0.383 e. The van der Waals surface area contributed by atoms with Gasteiger partial charge >= 0.3 is 0 Å². The van der Waals surface area contributed by atoms with Crippen LogP contribution in [0.3, 0.4) is 0 Å². The minimum atomic E-state index is -0.000411. The van der Waals surface area contributed by atoms with Crippen LogP contribution in [0.1, 0.15) is 16.8 Å². The number of methoxy groups -OCH3 is 1. The standard InChI is InChI=1S/C12H22N4O2/c1-15(2)5-4-6-16(7-8-18-3)12(17)11-9-13-14-10-11/h9-10H,4-8H2,1-3H3,(H,13,14). The molecule has 0 spiro atoms. The van der Waals surface area contributed by atoms with Gasteiger partial charge in [0.05, 0.1) is 18.4 Å². The molecule has 0 bridgehead atoms. The topological polar surface area (TPSA) is 61.5 Å². The van der Waals surface area contributed by atoms with Crippen LogP contribution in [0.25, 0.3) is 0 Å². The van der Waals surface area contributed by atoms with Gasteiger partial charge in [-0.25, -0.2) is 0 Å². The van der Waals surface area contributed by atoms with Crippen LogP contribution in [0, 0.1) is 0 Å². The number of ether oxygens (including phenoxy) is 1. The Kier molecular flexibility index (Phi) is 6.38. The fourth-order valence-electron chi connectivity index (χ4n) is 1.64. The number of amides is 1. The molecule has 1 rings (SSSR count). The first-order valence-electron chi connectivity index (χ1n) is 6.07. The van der Waals surface area contributed by atoms with Gasteiger partial charge in [-0.3, -0.25) is 9.89 Å². The number of aromatic nitrogens is 2. The lowest BCUT2D eigenvalue weighted by molar-refractivity contribution is 0.0689. The molecule has 1 aromatic rings. The number of hydrogen-bond donors (Lipinski definition) is 1. The molecule has 0 fully saturated rings. The minimum absolute atomic E-state index is 0.000411. The highest BCUT2D eigenvalue weighted by Crippen LogP contribution is 2.03. The summed E-state index contributed by atoms with van der Waals surface area (Å²) in [6, 6.07) is 0. The zero-order valence-corrected chi connectivity index (χ0v) is 11.3. The van der Waals surface area contributed by atoms with Gasteiger partial charge in [0.1, 0.15) is 0 Å². The summed E-state index contributed by atoms with van der Waals surface area (Å²) in [5, 5.41) is 6.46. The van der Waals surface area contributed by atoms with E-state index in [9.17, 15) is 4.79 Å². The van der Waals surface area contributed by atoms with Gasteiger partial charge in [-0.1, -0.05) is 0 Å². The summed E-state index contributed by atoms with van der Waals surface area (Å²) >= 11 is 0. The van der Waals surface area contributed by atoms with E-state index < -0.39 is 0 Å². The second-order valence-corrected chi connectivity index (χ2v) is 4.43. The van der Waals surface area contributed by atoms with Crippen LogP contribution >= 0.6 is 0 Å². The SMILES string of the molecule is COCCN(CCCN(C)C)C(=O)c1cn[nH]c1. The molecular formula is C12H22N4O2. The Morgan fingerprint density at radius 2 is 2.17 bits per heavy atom.